The molecule has 1 aromatic carbocycles. The molecule has 0 atom stereocenters. The highest BCUT2D eigenvalue weighted by atomic mass is 16.4. The maximum absolute atomic E-state index is 5.44. The van der Waals surface area contributed by atoms with Gasteiger partial charge in [0.15, 0.2) is 0 Å². The Hall–Kier alpha value is -2.04. The van der Waals surface area contributed by atoms with Crippen LogP contribution in [-0.2, 0) is 6.54 Å². The Morgan fingerprint density at radius 1 is 1.24 bits per heavy atom. The molecule has 0 aliphatic carbocycles. The molecule has 2 N–H and O–H groups in total. The highest BCUT2D eigenvalue weighted by Gasteiger charge is 2.12. The van der Waals surface area contributed by atoms with Gasteiger partial charge >= 0.3 is 12.0 Å². The van der Waals surface area contributed by atoms with Gasteiger partial charge in [0.2, 0.25) is 0 Å². The van der Waals surface area contributed by atoms with Gasteiger partial charge in [0.25, 0.3) is 0 Å². The normalized spacial score (nSPS) is 10.4. The Balaban J connectivity index is 2.13. The summed E-state index contributed by atoms with van der Waals surface area (Å²) < 4.78 is 5.25. The van der Waals surface area contributed by atoms with Gasteiger partial charge in [-0.2, -0.15) is 0 Å². The van der Waals surface area contributed by atoms with Crippen molar-refractivity contribution in [2.75, 3.05) is 17.2 Å². The third-order valence-electron chi connectivity index (χ3n) is 2.41. The number of nitrogen functional groups attached to an aromatic ring is 1. The molecule has 5 nitrogen and oxygen atoms in total. The van der Waals surface area contributed by atoms with Crippen molar-refractivity contribution in [3.05, 3.63) is 35.9 Å². The summed E-state index contributed by atoms with van der Waals surface area (Å²) in [6.45, 7) is 3.71. The van der Waals surface area contributed by atoms with Gasteiger partial charge in [0.05, 0.1) is 0 Å². The number of anilines is 2. The van der Waals surface area contributed by atoms with Crippen LogP contribution in [0.5, 0.6) is 0 Å². The standard InChI is InChI=1S/C12H16N4O/c1-2-8-16(12-15-14-11(13)17-12)9-10-6-4-3-5-7-10/h3-7H,2,8-9H2,1H3,(H2,13,14). The lowest BCUT2D eigenvalue weighted by Crippen LogP contribution is -2.23. The molecule has 1 heterocycles. The summed E-state index contributed by atoms with van der Waals surface area (Å²) in [5, 5.41) is 7.60. The zero-order chi connectivity index (χ0) is 12.1. The van der Waals surface area contributed by atoms with Gasteiger partial charge in [-0.25, -0.2) is 0 Å². The van der Waals surface area contributed by atoms with Gasteiger partial charge in [-0.15, -0.1) is 0 Å². The molecule has 0 unspecified atom stereocenters. The highest BCUT2D eigenvalue weighted by molar-refractivity contribution is 5.30. The number of nitrogens with two attached hydrogens (primary N) is 1. The van der Waals surface area contributed by atoms with E-state index in [0.717, 1.165) is 19.5 Å². The van der Waals surface area contributed by atoms with Crippen molar-refractivity contribution in [1.29, 1.82) is 0 Å². The van der Waals surface area contributed by atoms with E-state index < -0.39 is 0 Å². The fraction of sp³-hybridized carbons (Fsp3) is 0.333. The van der Waals surface area contributed by atoms with Gasteiger partial charge in [0, 0.05) is 13.1 Å². The van der Waals surface area contributed by atoms with E-state index in [-0.39, 0.29) is 6.01 Å². The van der Waals surface area contributed by atoms with Crippen molar-refractivity contribution in [3.8, 4) is 0 Å². The van der Waals surface area contributed by atoms with E-state index in [1.54, 1.807) is 0 Å². The Kier molecular flexibility index (Phi) is 3.59. The summed E-state index contributed by atoms with van der Waals surface area (Å²) in [6.07, 6.45) is 1.01. The van der Waals surface area contributed by atoms with Crippen molar-refractivity contribution in [2.24, 2.45) is 0 Å². The minimum Gasteiger partial charge on any atom is -0.390 e. The van der Waals surface area contributed by atoms with Gasteiger partial charge in [0.1, 0.15) is 0 Å². The van der Waals surface area contributed by atoms with Crippen molar-refractivity contribution in [3.63, 3.8) is 0 Å². The average Bonchev–Trinajstić information content (AvgIpc) is 2.77. The predicted octanol–water partition coefficient (Wildman–Crippen LogP) is 2.07. The van der Waals surface area contributed by atoms with Gasteiger partial charge < -0.3 is 15.1 Å². The molecule has 1 aromatic heterocycles. The SMILES string of the molecule is CCCN(Cc1ccccc1)c1nnc(N)o1. The monoisotopic (exact) mass is 232 g/mol. The van der Waals surface area contributed by atoms with Gasteiger partial charge in [-0.1, -0.05) is 47.5 Å². The first-order valence-electron chi connectivity index (χ1n) is 5.67. The minimum absolute atomic E-state index is 0.106. The first-order valence-corrected chi connectivity index (χ1v) is 5.67. The number of aromatic nitrogens is 2. The molecule has 5 heteroatoms. The summed E-state index contributed by atoms with van der Waals surface area (Å²) in [5.41, 5.74) is 6.65. The average molecular weight is 232 g/mol. The third-order valence-corrected chi connectivity index (χ3v) is 2.41. The molecule has 0 bridgehead atoms. The summed E-state index contributed by atoms with van der Waals surface area (Å²) in [6, 6.07) is 10.8. The zero-order valence-electron chi connectivity index (χ0n) is 9.84. The van der Waals surface area contributed by atoms with Crippen molar-refractivity contribution in [2.45, 2.75) is 19.9 Å². The lowest BCUT2D eigenvalue weighted by molar-refractivity contribution is 0.543. The quantitative estimate of drug-likeness (QED) is 0.854. The second-order valence-electron chi connectivity index (χ2n) is 3.83. The lowest BCUT2D eigenvalue weighted by atomic mass is 10.2. The molecule has 2 aromatic rings. The molecule has 17 heavy (non-hydrogen) atoms. The number of nitrogens with zero attached hydrogens (tertiary/aromatic N) is 3. The van der Waals surface area contributed by atoms with Crippen LogP contribution in [-0.4, -0.2) is 16.7 Å². The first-order chi connectivity index (χ1) is 8.29. The highest BCUT2D eigenvalue weighted by Crippen LogP contribution is 2.16. The van der Waals surface area contributed by atoms with Crippen molar-refractivity contribution < 1.29 is 4.42 Å². The largest absolute Gasteiger partial charge is 0.390 e. The molecule has 0 amide bonds. The van der Waals surface area contributed by atoms with E-state index in [4.69, 9.17) is 10.2 Å². The van der Waals surface area contributed by atoms with E-state index in [2.05, 4.69) is 29.3 Å². The van der Waals surface area contributed by atoms with Crippen molar-refractivity contribution in [1.82, 2.24) is 10.2 Å². The van der Waals surface area contributed by atoms with Crippen LogP contribution in [0.2, 0.25) is 0 Å². The molecule has 2 rings (SSSR count). The van der Waals surface area contributed by atoms with E-state index in [1.165, 1.54) is 5.56 Å². The van der Waals surface area contributed by atoms with E-state index in [1.807, 2.05) is 23.1 Å². The van der Waals surface area contributed by atoms with Gasteiger partial charge in [-0.3, -0.25) is 0 Å². The first kappa shape index (κ1) is 11.4. The molecular formula is C12H16N4O. The number of hydrogen-bond acceptors (Lipinski definition) is 5. The van der Waals surface area contributed by atoms with Crippen LogP contribution in [0.4, 0.5) is 12.0 Å². The molecule has 90 valence electrons. The third kappa shape index (κ3) is 2.96. The van der Waals surface area contributed by atoms with Crippen LogP contribution in [0, 0.1) is 0 Å². The summed E-state index contributed by atoms with van der Waals surface area (Å²) in [5.74, 6) is 0. The maximum atomic E-state index is 5.44. The van der Waals surface area contributed by atoms with Crippen LogP contribution in [0.15, 0.2) is 34.7 Å². The molecule has 0 radical (unpaired) electrons. The Bertz CT molecular complexity index is 455. The number of rotatable bonds is 5. The molecule has 0 spiro atoms. The lowest BCUT2D eigenvalue weighted by Gasteiger charge is -2.19. The Morgan fingerprint density at radius 3 is 2.59 bits per heavy atom. The predicted molar refractivity (Wildman–Crippen MR) is 66.5 cm³/mol. The van der Waals surface area contributed by atoms with Crippen LogP contribution in [0.1, 0.15) is 18.9 Å². The molecule has 0 fully saturated rings. The van der Waals surface area contributed by atoms with Crippen LogP contribution in [0.25, 0.3) is 0 Å². The Labute approximate surface area is 100 Å². The number of hydrogen-bond donors (Lipinski definition) is 1. The Morgan fingerprint density at radius 2 is 2.00 bits per heavy atom. The van der Waals surface area contributed by atoms with Crippen LogP contribution >= 0.6 is 0 Å². The summed E-state index contributed by atoms with van der Waals surface area (Å²) >= 11 is 0. The van der Waals surface area contributed by atoms with Crippen molar-refractivity contribution >= 4 is 12.0 Å². The molecular weight excluding hydrogens is 216 g/mol. The van der Waals surface area contributed by atoms with E-state index >= 15 is 0 Å². The minimum atomic E-state index is 0.106. The van der Waals surface area contributed by atoms with E-state index in [0.29, 0.717) is 6.01 Å². The topological polar surface area (TPSA) is 68.2 Å². The molecule has 0 aliphatic rings. The zero-order valence-corrected chi connectivity index (χ0v) is 9.84. The van der Waals surface area contributed by atoms with E-state index in [9.17, 15) is 0 Å². The second-order valence-corrected chi connectivity index (χ2v) is 3.83. The van der Waals surface area contributed by atoms with Crippen LogP contribution in [0.3, 0.4) is 0 Å². The fourth-order valence-corrected chi connectivity index (χ4v) is 1.67. The summed E-state index contributed by atoms with van der Waals surface area (Å²) in [7, 11) is 0. The van der Waals surface area contributed by atoms with Crippen LogP contribution < -0.4 is 10.6 Å². The molecule has 0 saturated carbocycles. The second kappa shape index (κ2) is 5.34. The molecule has 0 saturated heterocycles. The number of benzene rings is 1. The fourth-order valence-electron chi connectivity index (χ4n) is 1.67. The summed E-state index contributed by atoms with van der Waals surface area (Å²) in [4.78, 5) is 2.03. The molecule has 0 aliphatic heterocycles. The maximum Gasteiger partial charge on any atom is 0.319 e. The van der Waals surface area contributed by atoms with Gasteiger partial charge in [-0.05, 0) is 12.0 Å². The smallest absolute Gasteiger partial charge is 0.319 e.